The van der Waals surface area contributed by atoms with Gasteiger partial charge in [-0.1, -0.05) is 81.4 Å². The number of methoxy groups -OCH3 is 1. The topological polar surface area (TPSA) is 52.6 Å². The summed E-state index contributed by atoms with van der Waals surface area (Å²) in [7, 11) is -1.45. The molecule has 0 aromatic heterocycles. The molecule has 5 heteroatoms. The standard InChI is InChI=1S/C24H28O4Si/c1-24(2,3)29(19-11-7-5-8-12-19,20-13-9-6-10-14-20)28-18-15-16-22(25)21(17-18)23(26)27-4/h5-14,17-18H,15-16H2,1-4H3/t18-/m0/s1. The van der Waals surface area contributed by atoms with Crippen LogP contribution in [0, 0.1) is 0 Å². The van der Waals surface area contributed by atoms with Crippen molar-refractivity contribution in [3.8, 4) is 0 Å². The van der Waals surface area contributed by atoms with Crippen molar-refractivity contribution in [2.75, 3.05) is 7.11 Å². The lowest BCUT2D eigenvalue weighted by atomic mass is 9.96. The fourth-order valence-corrected chi connectivity index (χ4v) is 8.73. The molecule has 2 aromatic rings. The van der Waals surface area contributed by atoms with Crippen molar-refractivity contribution in [3.63, 3.8) is 0 Å². The van der Waals surface area contributed by atoms with E-state index in [1.807, 2.05) is 36.4 Å². The summed E-state index contributed by atoms with van der Waals surface area (Å²) in [5.74, 6) is -0.773. The van der Waals surface area contributed by atoms with Crippen LogP contribution in [0.1, 0.15) is 33.6 Å². The second-order valence-corrected chi connectivity index (χ2v) is 12.6. The fraction of sp³-hybridized carbons (Fsp3) is 0.333. The van der Waals surface area contributed by atoms with Crippen molar-refractivity contribution in [2.45, 2.75) is 44.8 Å². The molecule has 0 saturated heterocycles. The Morgan fingerprint density at radius 1 is 0.966 bits per heavy atom. The van der Waals surface area contributed by atoms with Crippen LogP contribution in [0.2, 0.25) is 5.04 Å². The van der Waals surface area contributed by atoms with Gasteiger partial charge in [-0.25, -0.2) is 4.79 Å². The zero-order chi connectivity index (χ0) is 21.1. The van der Waals surface area contributed by atoms with E-state index in [2.05, 4.69) is 45.0 Å². The number of esters is 1. The lowest BCUT2D eigenvalue weighted by molar-refractivity contribution is -0.138. The Kier molecular flexibility index (Phi) is 6.20. The van der Waals surface area contributed by atoms with Crippen LogP contribution in [-0.2, 0) is 18.8 Å². The second-order valence-electron chi connectivity index (χ2n) is 8.35. The molecule has 1 atom stereocenters. The van der Waals surface area contributed by atoms with Crippen molar-refractivity contribution in [1.82, 2.24) is 0 Å². The molecular formula is C24H28O4Si. The molecule has 0 aliphatic heterocycles. The molecule has 0 saturated carbocycles. The largest absolute Gasteiger partial charge is 0.465 e. The molecule has 0 radical (unpaired) electrons. The van der Waals surface area contributed by atoms with Gasteiger partial charge < -0.3 is 9.16 Å². The number of benzene rings is 2. The van der Waals surface area contributed by atoms with Gasteiger partial charge in [-0.3, -0.25) is 4.79 Å². The van der Waals surface area contributed by atoms with Gasteiger partial charge in [0.1, 0.15) is 5.57 Å². The molecule has 2 aromatic carbocycles. The second kappa shape index (κ2) is 8.47. The van der Waals surface area contributed by atoms with Crippen LogP contribution >= 0.6 is 0 Å². The van der Waals surface area contributed by atoms with E-state index in [0.29, 0.717) is 6.42 Å². The number of Topliss-reactive ketones (excluding diaryl/α,β-unsaturated/α-hetero) is 1. The summed E-state index contributed by atoms with van der Waals surface area (Å²) in [6.45, 7) is 6.62. The Morgan fingerprint density at radius 2 is 1.48 bits per heavy atom. The highest BCUT2D eigenvalue weighted by Gasteiger charge is 2.51. The number of ketones is 1. The van der Waals surface area contributed by atoms with E-state index in [-0.39, 0.29) is 28.9 Å². The zero-order valence-electron chi connectivity index (χ0n) is 17.5. The van der Waals surface area contributed by atoms with Crippen LogP contribution in [0.4, 0.5) is 0 Å². The van der Waals surface area contributed by atoms with E-state index >= 15 is 0 Å². The lowest BCUT2D eigenvalue weighted by Crippen LogP contribution is -2.67. The Bertz CT molecular complexity index is 858. The van der Waals surface area contributed by atoms with Crippen LogP contribution in [0.25, 0.3) is 0 Å². The first-order chi connectivity index (χ1) is 13.8. The highest BCUT2D eigenvalue weighted by atomic mass is 28.4. The monoisotopic (exact) mass is 408 g/mol. The highest BCUT2D eigenvalue weighted by molar-refractivity contribution is 6.99. The Labute approximate surface area is 173 Å². The van der Waals surface area contributed by atoms with E-state index in [4.69, 9.17) is 9.16 Å². The summed E-state index contributed by atoms with van der Waals surface area (Å²) in [6.07, 6.45) is 2.18. The minimum atomic E-state index is -2.74. The first-order valence-corrected chi connectivity index (χ1v) is 11.8. The van der Waals surface area contributed by atoms with Crippen molar-refractivity contribution >= 4 is 30.4 Å². The SMILES string of the molecule is COC(=O)C1=C[C@@H](O[Si](c2ccccc2)(c2ccccc2)C(C)(C)C)CCC1=O. The molecule has 152 valence electrons. The molecule has 1 aliphatic rings. The minimum Gasteiger partial charge on any atom is -0.465 e. The van der Waals surface area contributed by atoms with Gasteiger partial charge in [0.05, 0.1) is 13.2 Å². The molecule has 0 amide bonds. The van der Waals surface area contributed by atoms with E-state index < -0.39 is 14.3 Å². The predicted octanol–water partition coefficient (Wildman–Crippen LogP) is 3.39. The number of ether oxygens (including phenoxy) is 1. The molecule has 3 rings (SSSR count). The number of hydrogen-bond acceptors (Lipinski definition) is 4. The summed E-state index contributed by atoms with van der Waals surface area (Å²) < 4.78 is 11.8. The van der Waals surface area contributed by atoms with Gasteiger partial charge in [0, 0.05) is 6.42 Å². The Balaban J connectivity index is 2.15. The summed E-state index contributed by atoms with van der Waals surface area (Å²) in [6, 6.07) is 20.7. The van der Waals surface area contributed by atoms with E-state index in [9.17, 15) is 9.59 Å². The van der Waals surface area contributed by atoms with Gasteiger partial charge in [0.2, 0.25) is 0 Å². The maximum atomic E-state index is 12.2. The summed E-state index contributed by atoms with van der Waals surface area (Å²) in [4.78, 5) is 24.3. The van der Waals surface area contributed by atoms with E-state index in [1.165, 1.54) is 17.5 Å². The van der Waals surface area contributed by atoms with E-state index in [1.54, 1.807) is 6.08 Å². The van der Waals surface area contributed by atoms with Gasteiger partial charge in [0.25, 0.3) is 8.32 Å². The molecule has 29 heavy (non-hydrogen) atoms. The smallest absolute Gasteiger partial charge is 0.341 e. The van der Waals surface area contributed by atoms with Crippen LogP contribution in [0.5, 0.6) is 0 Å². The molecule has 0 heterocycles. The Hall–Kier alpha value is -2.50. The number of hydrogen-bond donors (Lipinski definition) is 0. The molecule has 0 fully saturated rings. The van der Waals surface area contributed by atoms with Crippen LogP contribution in [-0.4, -0.2) is 33.3 Å². The molecule has 1 aliphatic carbocycles. The number of carbonyl (C=O) groups excluding carboxylic acids is 2. The quantitative estimate of drug-likeness (QED) is 0.432. The average molecular weight is 409 g/mol. The summed E-state index contributed by atoms with van der Waals surface area (Å²) in [5.41, 5.74) is 0.0988. The molecular weight excluding hydrogens is 380 g/mol. The molecule has 0 unspecified atom stereocenters. The van der Waals surface area contributed by atoms with Crippen molar-refractivity contribution in [3.05, 3.63) is 72.3 Å². The Morgan fingerprint density at radius 3 is 1.93 bits per heavy atom. The normalized spacial score (nSPS) is 17.6. The molecule has 4 nitrogen and oxygen atoms in total. The number of rotatable bonds is 5. The molecule has 0 N–H and O–H groups in total. The third-order valence-corrected chi connectivity index (χ3v) is 10.5. The van der Waals surface area contributed by atoms with Gasteiger partial charge in [-0.15, -0.1) is 0 Å². The van der Waals surface area contributed by atoms with Gasteiger partial charge >= 0.3 is 5.97 Å². The van der Waals surface area contributed by atoms with E-state index in [0.717, 1.165) is 0 Å². The lowest BCUT2D eigenvalue weighted by Gasteiger charge is -2.45. The summed E-state index contributed by atoms with van der Waals surface area (Å²) in [5, 5.41) is 2.17. The van der Waals surface area contributed by atoms with Crippen LogP contribution < -0.4 is 10.4 Å². The van der Waals surface area contributed by atoms with Crippen LogP contribution in [0.3, 0.4) is 0 Å². The van der Waals surface area contributed by atoms with Gasteiger partial charge in [-0.05, 0) is 27.9 Å². The van der Waals surface area contributed by atoms with Crippen molar-refractivity contribution in [1.29, 1.82) is 0 Å². The average Bonchev–Trinajstić information content (AvgIpc) is 2.73. The minimum absolute atomic E-state index is 0.0988. The third-order valence-electron chi connectivity index (χ3n) is 5.46. The molecule has 0 spiro atoms. The van der Waals surface area contributed by atoms with Crippen molar-refractivity contribution in [2.24, 2.45) is 0 Å². The van der Waals surface area contributed by atoms with Crippen molar-refractivity contribution < 1.29 is 18.8 Å². The highest BCUT2D eigenvalue weighted by Crippen LogP contribution is 2.38. The van der Waals surface area contributed by atoms with Gasteiger partial charge in [-0.2, -0.15) is 0 Å². The summed E-state index contributed by atoms with van der Waals surface area (Å²) >= 11 is 0. The number of carbonyl (C=O) groups is 2. The third kappa shape index (κ3) is 4.11. The zero-order valence-corrected chi connectivity index (χ0v) is 18.5. The fourth-order valence-electron chi connectivity index (χ4n) is 4.07. The van der Waals surface area contributed by atoms with Gasteiger partial charge in [0.15, 0.2) is 5.78 Å². The van der Waals surface area contributed by atoms with Crippen LogP contribution in [0.15, 0.2) is 72.3 Å². The predicted molar refractivity (Wildman–Crippen MR) is 117 cm³/mol. The molecule has 0 bridgehead atoms. The first kappa shape index (κ1) is 21.2. The maximum Gasteiger partial charge on any atom is 0.341 e. The first-order valence-electron chi connectivity index (χ1n) is 9.92. The maximum absolute atomic E-state index is 12.2.